The van der Waals surface area contributed by atoms with Crippen molar-refractivity contribution in [3.05, 3.63) is 86.3 Å². The molecule has 0 aliphatic carbocycles. The minimum atomic E-state index is -0.184. The maximum atomic E-state index is 12.2. The first kappa shape index (κ1) is 19.8. The highest BCUT2D eigenvalue weighted by atomic mass is 16.1. The lowest BCUT2D eigenvalue weighted by atomic mass is 10.1. The predicted octanol–water partition coefficient (Wildman–Crippen LogP) is 3.89. The third-order valence-corrected chi connectivity index (χ3v) is 4.47. The lowest BCUT2D eigenvalue weighted by Gasteiger charge is -2.10. The Balaban J connectivity index is 1.48. The molecule has 1 amide bonds. The van der Waals surface area contributed by atoms with Crippen LogP contribution in [0.4, 0.5) is 17.3 Å². The van der Waals surface area contributed by atoms with Crippen LogP contribution in [0.2, 0.25) is 0 Å². The number of aromatic nitrogens is 6. The molecule has 0 unspecified atom stereocenters. The molecule has 4 heterocycles. The van der Waals surface area contributed by atoms with Crippen molar-refractivity contribution >= 4 is 28.9 Å². The molecule has 0 aliphatic rings. The van der Waals surface area contributed by atoms with E-state index in [1.165, 1.54) is 0 Å². The predicted molar refractivity (Wildman–Crippen MR) is 120 cm³/mol. The van der Waals surface area contributed by atoms with Gasteiger partial charge in [-0.05, 0) is 17.7 Å². The zero-order valence-electron chi connectivity index (χ0n) is 16.6. The van der Waals surface area contributed by atoms with E-state index >= 15 is 0 Å². The number of rotatable bonds is 8. The van der Waals surface area contributed by atoms with E-state index in [1.54, 1.807) is 55.3 Å². The van der Waals surface area contributed by atoms with E-state index in [0.29, 0.717) is 23.0 Å². The smallest absolute Gasteiger partial charge is 0.229 e. The molecular formula is C22H20N8O. The van der Waals surface area contributed by atoms with Crippen molar-refractivity contribution in [1.29, 1.82) is 0 Å². The Kier molecular flexibility index (Phi) is 5.66. The average molecular weight is 412 g/mol. The molecule has 0 spiro atoms. The topological polar surface area (TPSA) is 113 Å². The van der Waals surface area contributed by atoms with Gasteiger partial charge >= 0.3 is 0 Å². The summed E-state index contributed by atoms with van der Waals surface area (Å²) in [6.07, 6.45) is 15.7. The van der Waals surface area contributed by atoms with Crippen molar-refractivity contribution in [2.45, 2.75) is 6.42 Å². The van der Waals surface area contributed by atoms with Crippen molar-refractivity contribution in [1.82, 2.24) is 29.5 Å². The van der Waals surface area contributed by atoms with Crippen molar-refractivity contribution < 1.29 is 4.79 Å². The SMILES string of the molecule is C=C/C=C(\C=C)CC(=O)Nc1ccc(Nc2ncc(-c3cn[nH]c3)n3ccnc23)cn1. The quantitative estimate of drug-likeness (QED) is 0.379. The van der Waals surface area contributed by atoms with Crippen LogP contribution in [0.5, 0.6) is 0 Å². The largest absolute Gasteiger partial charge is 0.336 e. The Bertz CT molecular complexity index is 1250. The first-order chi connectivity index (χ1) is 15.2. The average Bonchev–Trinajstić information content (AvgIpc) is 3.47. The second kappa shape index (κ2) is 8.87. The molecule has 3 N–H and O–H groups in total. The molecule has 0 saturated heterocycles. The number of allylic oxidation sites excluding steroid dienone is 3. The summed E-state index contributed by atoms with van der Waals surface area (Å²) in [7, 11) is 0. The minimum absolute atomic E-state index is 0.184. The highest BCUT2D eigenvalue weighted by molar-refractivity contribution is 5.92. The summed E-state index contributed by atoms with van der Waals surface area (Å²) in [5, 5.41) is 12.8. The van der Waals surface area contributed by atoms with Crippen LogP contribution in [0.3, 0.4) is 0 Å². The fourth-order valence-corrected chi connectivity index (χ4v) is 3.01. The van der Waals surface area contributed by atoms with Crippen LogP contribution in [0.1, 0.15) is 6.42 Å². The molecule has 0 aliphatic heterocycles. The summed E-state index contributed by atoms with van der Waals surface area (Å²) in [6, 6.07) is 3.52. The number of carbonyl (C=O) groups excluding carboxylic acids is 1. The van der Waals surface area contributed by atoms with Gasteiger partial charge in [0.05, 0.1) is 36.4 Å². The van der Waals surface area contributed by atoms with Gasteiger partial charge in [-0.2, -0.15) is 5.10 Å². The number of imidazole rings is 1. The van der Waals surface area contributed by atoms with Crippen LogP contribution in [-0.4, -0.2) is 35.5 Å². The van der Waals surface area contributed by atoms with Crippen LogP contribution in [0.15, 0.2) is 86.3 Å². The normalized spacial score (nSPS) is 11.3. The summed E-state index contributed by atoms with van der Waals surface area (Å²) in [6.45, 7) is 7.32. The second-order valence-corrected chi connectivity index (χ2v) is 6.56. The van der Waals surface area contributed by atoms with E-state index in [9.17, 15) is 4.79 Å². The number of nitrogens with zero attached hydrogens (tertiary/aromatic N) is 5. The Labute approximate surface area is 178 Å². The van der Waals surface area contributed by atoms with Gasteiger partial charge in [0.25, 0.3) is 0 Å². The molecule has 4 aromatic rings. The molecule has 31 heavy (non-hydrogen) atoms. The van der Waals surface area contributed by atoms with Gasteiger partial charge in [-0.3, -0.25) is 14.3 Å². The first-order valence-electron chi connectivity index (χ1n) is 9.46. The third-order valence-electron chi connectivity index (χ3n) is 4.47. The van der Waals surface area contributed by atoms with Crippen LogP contribution < -0.4 is 10.6 Å². The lowest BCUT2D eigenvalue weighted by molar-refractivity contribution is -0.115. The fraction of sp³-hybridized carbons (Fsp3) is 0.0455. The van der Waals surface area contributed by atoms with Gasteiger partial charge in [0.2, 0.25) is 5.91 Å². The molecule has 0 saturated carbocycles. The van der Waals surface area contributed by atoms with Crippen molar-refractivity contribution in [3.8, 4) is 11.3 Å². The highest BCUT2D eigenvalue weighted by Gasteiger charge is 2.11. The Morgan fingerprint density at radius 1 is 1.16 bits per heavy atom. The number of hydrogen-bond donors (Lipinski definition) is 3. The van der Waals surface area contributed by atoms with Crippen LogP contribution >= 0.6 is 0 Å². The summed E-state index contributed by atoms with van der Waals surface area (Å²) >= 11 is 0. The van der Waals surface area contributed by atoms with Gasteiger partial charge in [0.1, 0.15) is 5.82 Å². The number of carbonyl (C=O) groups is 1. The van der Waals surface area contributed by atoms with Crippen LogP contribution in [0.25, 0.3) is 16.9 Å². The summed E-state index contributed by atoms with van der Waals surface area (Å²) in [5.74, 6) is 0.851. The summed E-state index contributed by atoms with van der Waals surface area (Å²) < 4.78 is 1.93. The van der Waals surface area contributed by atoms with Gasteiger partial charge in [0.15, 0.2) is 11.5 Å². The van der Waals surface area contributed by atoms with Crippen LogP contribution in [0, 0.1) is 0 Å². The van der Waals surface area contributed by atoms with Crippen LogP contribution in [-0.2, 0) is 4.79 Å². The molecule has 0 radical (unpaired) electrons. The molecule has 0 fully saturated rings. The Hall–Kier alpha value is -4.53. The molecule has 154 valence electrons. The van der Waals surface area contributed by atoms with Gasteiger partial charge in [-0.15, -0.1) is 0 Å². The third kappa shape index (κ3) is 4.40. The zero-order chi connectivity index (χ0) is 21.6. The number of nitrogens with one attached hydrogen (secondary N) is 3. The molecule has 9 nitrogen and oxygen atoms in total. The minimum Gasteiger partial charge on any atom is -0.336 e. The number of anilines is 3. The van der Waals surface area contributed by atoms with Gasteiger partial charge < -0.3 is 10.6 Å². The van der Waals surface area contributed by atoms with Crippen molar-refractivity contribution in [2.24, 2.45) is 0 Å². The number of fused-ring (bicyclic) bond motifs is 1. The van der Waals surface area contributed by atoms with E-state index in [0.717, 1.165) is 16.8 Å². The molecule has 4 aromatic heterocycles. The molecule has 0 atom stereocenters. The fourth-order valence-electron chi connectivity index (χ4n) is 3.01. The molecule has 0 aromatic carbocycles. The summed E-state index contributed by atoms with van der Waals surface area (Å²) in [4.78, 5) is 25.4. The highest BCUT2D eigenvalue weighted by Crippen LogP contribution is 2.24. The first-order valence-corrected chi connectivity index (χ1v) is 9.46. The molecule has 9 heteroatoms. The van der Waals surface area contributed by atoms with E-state index in [1.807, 2.05) is 16.7 Å². The second-order valence-electron chi connectivity index (χ2n) is 6.56. The number of hydrogen-bond acceptors (Lipinski definition) is 6. The van der Waals surface area contributed by atoms with Gasteiger partial charge in [-0.1, -0.05) is 31.4 Å². The number of aromatic amines is 1. The Morgan fingerprint density at radius 3 is 2.77 bits per heavy atom. The standard InChI is InChI=1S/C22H20N8O/c1-3-5-15(4-2)10-20(31)29-19-7-6-17(13-24-19)28-21-22-23-8-9-30(22)18(14-25-21)16-11-26-27-12-16/h3-9,11-14H,1-2,10H2,(H,25,28)(H,26,27)(H,24,29,31)/b15-5+. The van der Waals surface area contributed by atoms with E-state index in [4.69, 9.17) is 0 Å². The van der Waals surface area contributed by atoms with Crippen molar-refractivity contribution in [3.63, 3.8) is 0 Å². The van der Waals surface area contributed by atoms with E-state index in [2.05, 4.69) is 48.9 Å². The molecular weight excluding hydrogens is 392 g/mol. The van der Waals surface area contributed by atoms with E-state index < -0.39 is 0 Å². The number of amides is 1. The molecule has 4 rings (SSSR count). The maximum absolute atomic E-state index is 12.2. The Morgan fingerprint density at radius 2 is 2.06 bits per heavy atom. The number of H-pyrrole nitrogens is 1. The number of pyridine rings is 1. The van der Waals surface area contributed by atoms with Gasteiger partial charge in [-0.25, -0.2) is 15.0 Å². The monoisotopic (exact) mass is 412 g/mol. The summed E-state index contributed by atoms with van der Waals surface area (Å²) in [5.41, 5.74) is 3.94. The van der Waals surface area contributed by atoms with Crippen molar-refractivity contribution in [2.75, 3.05) is 10.6 Å². The maximum Gasteiger partial charge on any atom is 0.229 e. The van der Waals surface area contributed by atoms with E-state index in [-0.39, 0.29) is 12.3 Å². The lowest BCUT2D eigenvalue weighted by Crippen LogP contribution is -2.12. The zero-order valence-corrected chi connectivity index (χ0v) is 16.6. The van der Waals surface area contributed by atoms with Gasteiger partial charge in [0, 0.05) is 24.2 Å². The molecule has 0 bridgehead atoms.